The molecule has 4 aromatic rings. The van der Waals surface area contributed by atoms with Crippen LogP contribution in [0, 0.1) is 6.92 Å². The number of carbonyl (C=O) groups is 2. The van der Waals surface area contributed by atoms with Crippen LogP contribution in [0.5, 0.6) is 0 Å². The summed E-state index contributed by atoms with van der Waals surface area (Å²) in [6.07, 6.45) is 0.861. The van der Waals surface area contributed by atoms with Crippen molar-refractivity contribution in [2.75, 3.05) is 10.8 Å². The third-order valence-electron chi connectivity index (χ3n) is 7.66. The van der Waals surface area contributed by atoms with Gasteiger partial charge in [-0.3, -0.25) is 13.9 Å². The van der Waals surface area contributed by atoms with Gasteiger partial charge in [0.15, 0.2) is 0 Å². The first-order valence-corrected chi connectivity index (χ1v) is 17.8. The normalized spacial score (nSPS) is 12.7. The van der Waals surface area contributed by atoms with E-state index in [4.69, 9.17) is 23.2 Å². The summed E-state index contributed by atoms with van der Waals surface area (Å²) in [5, 5.41) is 3.66. The van der Waals surface area contributed by atoms with E-state index in [1.807, 2.05) is 51.1 Å². The van der Waals surface area contributed by atoms with E-state index in [2.05, 4.69) is 21.2 Å². The molecule has 242 valence electrons. The molecule has 11 heteroatoms. The number of aryl methyl sites for hydroxylation is 1. The number of carbonyl (C=O) groups excluding carboxylic acids is 2. The molecule has 46 heavy (non-hydrogen) atoms. The second-order valence-corrected chi connectivity index (χ2v) is 14.6. The average Bonchev–Trinajstić information content (AvgIpc) is 3.03. The fourth-order valence-corrected chi connectivity index (χ4v) is 7.02. The Morgan fingerprint density at radius 3 is 2.07 bits per heavy atom. The van der Waals surface area contributed by atoms with Gasteiger partial charge in [0.2, 0.25) is 11.8 Å². The second-order valence-electron chi connectivity index (χ2n) is 11.0. The molecule has 2 unspecified atom stereocenters. The standard InChI is InChI=1S/C35H36BrCl2N3O4S/c1-4-25(3)39-35(43)33(21-26-9-6-5-7-10-26)40(22-30-31(37)11-8-12-32(30)38)34(42)23-41(28-17-15-27(36)16-18-28)46(44,45)29-19-13-24(2)14-20-29/h5-20,25,33H,4,21-23H2,1-3H3,(H,39,43). The number of nitrogens with one attached hydrogen (secondary N) is 1. The van der Waals surface area contributed by atoms with E-state index >= 15 is 0 Å². The van der Waals surface area contributed by atoms with Crippen molar-refractivity contribution in [3.8, 4) is 0 Å². The van der Waals surface area contributed by atoms with Gasteiger partial charge in [0, 0.05) is 39.1 Å². The highest BCUT2D eigenvalue weighted by atomic mass is 79.9. The van der Waals surface area contributed by atoms with E-state index in [9.17, 15) is 18.0 Å². The Morgan fingerprint density at radius 1 is 0.870 bits per heavy atom. The van der Waals surface area contributed by atoms with Gasteiger partial charge in [-0.25, -0.2) is 8.42 Å². The van der Waals surface area contributed by atoms with Crippen molar-refractivity contribution < 1.29 is 18.0 Å². The Morgan fingerprint density at radius 2 is 1.48 bits per heavy atom. The number of nitrogens with zero attached hydrogens (tertiary/aromatic N) is 2. The van der Waals surface area contributed by atoms with Gasteiger partial charge in [-0.2, -0.15) is 0 Å². The quantitative estimate of drug-likeness (QED) is 0.151. The van der Waals surface area contributed by atoms with E-state index in [1.54, 1.807) is 54.6 Å². The van der Waals surface area contributed by atoms with Crippen LogP contribution in [0.1, 0.15) is 37.0 Å². The molecular formula is C35H36BrCl2N3O4S. The smallest absolute Gasteiger partial charge is 0.264 e. The molecule has 0 fully saturated rings. The molecule has 7 nitrogen and oxygen atoms in total. The topological polar surface area (TPSA) is 86.8 Å². The van der Waals surface area contributed by atoms with Crippen molar-refractivity contribution >= 4 is 66.7 Å². The molecule has 0 heterocycles. The molecule has 0 radical (unpaired) electrons. The third kappa shape index (κ3) is 8.91. The fourth-order valence-electron chi connectivity index (χ4n) is 4.82. The predicted octanol–water partition coefficient (Wildman–Crippen LogP) is 7.81. The highest BCUT2D eigenvalue weighted by Crippen LogP contribution is 2.29. The van der Waals surface area contributed by atoms with Gasteiger partial charge in [-0.05, 0) is 74.4 Å². The lowest BCUT2D eigenvalue weighted by molar-refractivity contribution is -0.140. The summed E-state index contributed by atoms with van der Waals surface area (Å²) in [7, 11) is -4.21. The highest BCUT2D eigenvalue weighted by molar-refractivity contribution is 9.10. The van der Waals surface area contributed by atoms with Crippen LogP contribution >= 0.6 is 39.1 Å². The van der Waals surface area contributed by atoms with E-state index in [1.165, 1.54) is 17.0 Å². The summed E-state index contributed by atoms with van der Waals surface area (Å²) >= 11 is 16.6. The number of anilines is 1. The number of hydrogen-bond donors (Lipinski definition) is 1. The van der Waals surface area contributed by atoms with Crippen LogP contribution in [0.3, 0.4) is 0 Å². The Hall–Kier alpha value is -3.37. The summed E-state index contributed by atoms with van der Waals surface area (Å²) in [6.45, 7) is 5.00. The van der Waals surface area contributed by atoms with Gasteiger partial charge >= 0.3 is 0 Å². The Balaban J connectivity index is 1.84. The minimum Gasteiger partial charge on any atom is -0.352 e. The number of halogens is 3. The molecule has 0 aliphatic carbocycles. The molecule has 2 amide bonds. The first-order chi connectivity index (χ1) is 21.9. The average molecular weight is 746 g/mol. The zero-order chi connectivity index (χ0) is 33.4. The van der Waals surface area contributed by atoms with Crippen molar-refractivity contribution in [2.45, 2.75) is 57.1 Å². The fraction of sp³-hybridized carbons (Fsp3) is 0.257. The maximum Gasteiger partial charge on any atom is 0.264 e. The lowest BCUT2D eigenvalue weighted by Gasteiger charge is -2.34. The van der Waals surface area contributed by atoms with Crippen LogP contribution < -0.4 is 9.62 Å². The van der Waals surface area contributed by atoms with Crippen molar-refractivity contribution in [1.82, 2.24) is 10.2 Å². The molecular weight excluding hydrogens is 709 g/mol. The SMILES string of the molecule is CCC(C)NC(=O)C(Cc1ccccc1)N(Cc1c(Cl)cccc1Cl)C(=O)CN(c1ccc(Br)cc1)S(=O)(=O)c1ccc(C)cc1. The number of amides is 2. The maximum absolute atomic E-state index is 14.6. The first kappa shape index (κ1) is 35.5. The van der Waals surface area contributed by atoms with Crippen LogP contribution in [0.15, 0.2) is 106 Å². The summed E-state index contributed by atoms with van der Waals surface area (Å²) in [6, 6.07) is 26.3. The van der Waals surface area contributed by atoms with E-state index in [0.29, 0.717) is 22.0 Å². The minimum absolute atomic E-state index is 0.0323. The zero-order valence-corrected chi connectivity index (χ0v) is 29.7. The van der Waals surface area contributed by atoms with Crippen LogP contribution in [0.2, 0.25) is 10.0 Å². The first-order valence-electron chi connectivity index (χ1n) is 14.8. The molecule has 0 spiro atoms. The summed E-state index contributed by atoms with van der Waals surface area (Å²) in [5.41, 5.74) is 2.46. The molecule has 0 aliphatic heterocycles. The summed E-state index contributed by atoms with van der Waals surface area (Å²) in [5.74, 6) is -0.971. The number of benzene rings is 4. The van der Waals surface area contributed by atoms with E-state index in [0.717, 1.165) is 19.9 Å². The molecule has 0 saturated carbocycles. The van der Waals surface area contributed by atoms with Crippen LogP contribution in [0.4, 0.5) is 5.69 Å². The van der Waals surface area contributed by atoms with Gasteiger partial charge in [0.05, 0.1) is 10.6 Å². The van der Waals surface area contributed by atoms with Gasteiger partial charge in [0.1, 0.15) is 12.6 Å². The minimum atomic E-state index is -4.21. The molecule has 4 rings (SSSR count). The Bertz CT molecular complexity index is 1740. The molecule has 0 bridgehead atoms. The molecule has 0 aromatic heterocycles. The number of rotatable bonds is 13. The van der Waals surface area contributed by atoms with Crippen molar-refractivity contribution in [1.29, 1.82) is 0 Å². The molecule has 2 atom stereocenters. The van der Waals surface area contributed by atoms with Gasteiger partial charge < -0.3 is 10.2 Å². The summed E-state index contributed by atoms with van der Waals surface area (Å²) in [4.78, 5) is 30.0. The van der Waals surface area contributed by atoms with Crippen molar-refractivity contribution in [2.24, 2.45) is 0 Å². The van der Waals surface area contributed by atoms with Gasteiger partial charge in [-0.1, -0.05) is 100 Å². The van der Waals surface area contributed by atoms with Crippen LogP contribution in [-0.2, 0) is 32.6 Å². The molecule has 1 N–H and O–H groups in total. The maximum atomic E-state index is 14.6. The predicted molar refractivity (Wildman–Crippen MR) is 189 cm³/mol. The molecule has 0 aliphatic rings. The zero-order valence-electron chi connectivity index (χ0n) is 25.8. The number of sulfonamides is 1. The molecule has 0 saturated heterocycles. The Kier molecular flexibility index (Phi) is 12.3. The monoisotopic (exact) mass is 743 g/mol. The van der Waals surface area contributed by atoms with Crippen molar-refractivity contribution in [3.63, 3.8) is 0 Å². The van der Waals surface area contributed by atoms with Crippen molar-refractivity contribution in [3.05, 3.63) is 128 Å². The second kappa shape index (κ2) is 16.0. The largest absolute Gasteiger partial charge is 0.352 e. The lowest BCUT2D eigenvalue weighted by atomic mass is 10.0. The van der Waals surface area contributed by atoms with E-state index in [-0.39, 0.29) is 35.5 Å². The third-order valence-corrected chi connectivity index (χ3v) is 10.7. The van der Waals surface area contributed by atoms with E-state index < -0.39 is 28.5 Å². The van der Waals surface area contributed by atoms with Gasteiger partial charge in [0.25, 0.3) is 10.0 Å². The number of hydrogen-bond acceptors (Lipinski definition) is 4. The Labute approximate surface area is 289 Å². The van der Waals surface area contributed by atoms with Crippen LogP contribution in [-0.4, -0.2) is 43.8 Å². The molecule has 4 aromatic carbocycles. The van der Waals surface area contributed by atoms with Crippen LogP contribution in [0.25, 0.3) is 0 Å². The highest BCUT2D eigenvalue weighted by Gasteiger charge is 2.35. The van der Waals surface area contributed by atoms with Gasteiger partial charge in [-0.15, -0.1) is 0 Å². The summed E-state index contributed by atoms with van der Waals surface area (Å²) < 4.78 is 30.1. The lowest BCUT2D eigenvalue weighted by Crippen LogP contribution is -2.54.